The van der Waals surface area contributed by atoms with E-state index in [4.69, 9.17) is 0 Å². The van der Waals surface area contributed by atoms with Gasteiger partial charge in [-0.2, -0.15) is 0 Å². The van der Waals surface area contributed by atoms with Crippen molar-refractivity contribution in [2.45, 2.75) is 45.6 Å². The van der Waals surface area contributed by atoms with Gasteiger partial charge in [0.25, 0.3) is 0 Å². The number of amides is 1. The monoisotopic (exact) mass is 377 g/mol. The summed E-state index contributed by atoms with van der Waals surface area (Å²) in [6.07, 6.45) is 4.95. The Labute approximate surface area is 161 Å². The van der Waals surface area contributed by atoms with Gasteiger partial charge in [-0.25, -0.2) is 9.38 Å². The first kappa shape index (κ1) is 21.2. The molecule has 1 unspecified atom stereocenters. The number of rotatable bonds is 8. The lowest BCUT2D eigenvalue weighted by Crippen LogP contribution is -2.41. The van der Waals surface area contributed by atoms with Gasteiger partial charge in [0.15, 0.2) is 5.96 Å². The van der Waals surface area contributed by atoms with E-state index >= 15 is 0 Å². The standard InChI is InChI=1S/C20H32FN5O/c1-3-22-20(23-11-7-13-26-12-5-4-8-16(26)2)24-15-19(27)25-18-10-6-9-17(21)14-18/h6,9-10,14,16H,3-5,7-8,11-13,15H2,1-2H3,(H,25,27)(H2,22,23,24). The average molecular weight is 378 g/mol. The maximum absolute atomic E-state index is 13.2. The SMILES string of the molecule is CCNC(=NCC(=O)Nc1cccc(F)c1)NCCCN1CCCCC1C. The number of nitrogens with zero attached hydrogens (tertiary/aromatic N) is 2. The maximum atomic E-state index is 13.2. The van der Waals surface area contributed by atoms with Gasteiger partial charge in [0.05, 0.1) is 0 Å². The molecule has 27 heavy (non-hydrogen) atoms. The van der Waals surface area contributed by atoms with E-state index in [0.717, 1.165) is 26.1 Å². The quantitative estimate of drug-likeness (QED) is 0.370. The van der Waals surface area contributed by atoms with Crippen LogP contribution in [0.2, 0.25) is 0 Å². The first-order chi connectivity index (χ1) is 13.1. The van der Waals surface area contributed by atoms with Crippen LogP contribution in [0, 0.1) is 5.82 Å². The molecule has 0 aromatic heterocycles. The number of piperidine rings is 1. The van der Waals surface area contributed by atoms with Crippen LogP contribution in [-0.2, 0) is 4.79 Å². The van der Waals surface area contributed by atoms with E-state index < -0.39 is 0 Å². The normalized spacial score (nSPS) is 18.2. The van der Waals surface area contributed by atoms with Crippen molar-refractivity contribution in [1.29, 1.82) is 0 Å². The van der Waals surface area contributed by atoms with Crippen molar-refractivity contribution in [1.82, 2.24) is 15.5 Å². The molecule has 2 rings (SSSR count). The number of guanidine groups is 1. The molecule has 0 radical (unpaired) electrons. The molecule has 1 aliphatic rings. The van der Waals surface area contributed by atoms with Gasteiger partial charge in [-0.3, -0.25) is 4.79 Å². The average Bonchev–Trinajstić information content (AvgIpc) is 2.64. The van der Waals surface area contributed by atoms with Gasteiger partial charge < -0.3 is 20.9 Å². The summed E-state index contributed by atoms with van der Waals surface area (Å²) < 4.78 is 13.2. The van der Waals surface area contributed by atoms with Crippen molar-refractivity contribution in [2.75, 3.05) is 38.0 Å². The van der Waals surface area contributed by atoms with Gasteiger partial charge in [0, 0.05) is 31.4 Å². The smallest absolute Gasteiger partial charge is 0.246 e. The largest absolute Gasteiger partial charge is 0.357 e. The fourth-order valence-electron chi connectivity index (χ4n) is 3.24. The molecule has 0 saturated carbocycles. The third-order valence-corrected chi connectivity index (χ3v) is 4.69. The number of halogens is 1. The van der Waals surface area contributed by atoms with E-state index in [2.05, 4.69) is 32.8 Å². The van der Waals surface area contributed by atoms with Crippen molar-refractivity contribution >= 4 is 17.6 Å². The second-order valence-electron chi connectivity index (χ2n) is 6.91. The Kier molecular flexibility index (Phi) is 9.04. The molecule has 150 valence electrons. The van der Waals surface area contributed by atoms with Gasteiger partial charge in [-0.05, 0) is 57.9 Å². The molecule has 3 N–H and O–H groups in total. The second-order valence-corrected chi connectivity index (χ2v) is 6.91. The number of hydrogen-bond donors (Lipinski definition) is 3. The zero-order valence-electron chi connectivity index (χ0n) is 16.4. The van der Waals surface area contributed by atoms with Crippen LogP contribution in [0.4, 0.5) is 10.1 Å². The molecule has 1 amide bonds. The van der Waals surface area contributed by atoms with Gasteiger partial charge >= 0.3 is 0 Å². The molecule has 0 spiro atoms. The van der Waals surface area contributed by atoms with Crippen LogP contribution in [-0.4, -0.2) is 55.5 Å². The maximum Gasteiger partial charge on any atom is 0.246 e. The molecular weight excluding hydrogens is 345 g/mol. The molecule has 1 aromatic rings. The fraction of sp³-hybridized carbons (Fsp3) is 0.600. The minimum atomic E-state index is -0.380. The van der Waals surface area contributed by atoms with Gasteiger partial charge in [0.2, 0.25) is 5.91 Å². The van der Waals surface area contributed by atoms with E-state index in [1.54, 1.807) is 12.1 Å². The number of likely N-dealkylation sites (tertiary alicyclic amines) is 1. The molecule has 7 heteroatoms. The minimum absolute atomic E-state index is 0.0188. The van der Waals surface area contributed by atoms with Gasteiger partial charge in [-0.15, -0.1) is 0 Å². The lowest BCUT2D eigenvalue weighted by atomic mass is 10.0. The highest BCUT2D eigenvalue weighted by Crippen LogP contribution is 2.16. The first-order valence-corrected chi connectivity index (χ1v) is 9.90. The zero-order chi connectivity index (χ0) is 19.5. The van der Waals surface area contributed by atoms with Crippen molar-refractivity contribution in [3.63, 3.8) is 0 Å². The molecule has 1 heterocycles. The van der Waals surface area contributed by atoms with Crippen molar-refractivity contribution < 1.29 is 9.18 Å². The topological polar surface area (TPSA) is 68.8 Å². The van der Waals surface area contributed by atoms with Crippen molar-refractivity contribution in [2.24, 2.45) is 4.99 Å². The molecule has 1 saturated heterocycles. The molecule has 0 aliphatic carbocycles. The summed E-state index contributed by atoms with van der Waals surface area (Å²) in [7, 11) is 0. The lowest BCUT2D eigenvalue weighted by Gasteiger charge is -2.33. The number of hydrogen-bond acceptors (Lipinski definition) is 3. The van der Waals surface area contributed by atoms with Crippen LogP contribution in [0.15, 0.2) is 29.3 Å². The molecule has 1 aliphatic heterocycles. The van der Waals surface area contributed by atoms with E-state index in [1.807, 2.05) is 6.92 Å². The fourth-order valence-corrected chi connectivity index (χ4v) is 3.24. The Morgan fingerprint density at radius 3 is 2.93 bits per heavy atom. The third-order valence-electron chi connectivity index (χ3n) is 4.69. The lowest BCUT2D eigenvalue weighted by molar-refractivity contribution is -0.114. The Bertz CT molecular complexity index is 622. The highest BCUT2D eigenvalue weighted by Gasteiger charge is 2.17. The number of nitrogens with one attached hydrogen (secondary N) is 3. The molecule has 1 aromatic carbocycles. The Balaban J connectivity index is 1.73. The highest BCUT2D eigenvalue weighted by atomic mass is 19.1. The van der Waals surface area contributed by atoms with E-state index in [9.17, 15) is 9.18 Å². The van der Waals surface area contributed by atoms with Crippen LogP contribution in [0.1, 0.15) is 39.5 Å². The molecular formula is C20H32FN5O. The summed E-state index contributed by atoms with van der Waals surface area (Å²) in [5.74, 6) is -0.0344. The van der Waals surface area contributed by atoms with Crippen LogP contribution >= 0.6 is 0 Å². The molecule has 0 bridgehead atoms. The Morgan fingerprint density at radius 2 is 2.19 bits per heavy atom. The van der Waals surface area contributed by atoms with Crippen LogP contribution < -0.4 is 16.0 Å². The zero-order valence-corrected chi connectivity index (χ0v) is 16.4. The number of anilines is 1. The summed E-state index contributed by atoms with van der Waals surface area (Å²) in [6, 6.07) is 6.50. The second kappa shape index (κ2) is 11.5. The highest BCUT2D eigenvalue weighted by molar-refractivity contribution is 5.94. The molecule has 1 fully saturated rings. The number of carbonyl (C=O) groups is 1. The summed E-state index contributed by atoms with van der Waals surface area (Å²) >= 11 is 0. The third kappa shape index (κ3) is 7.95. The number of benzene rings is 1. The summed E-state index contributed by atoms with van der Waals surface area (Å²) in [5.41, 5.74) is 0.434. The van der Waals surface area contributed by atoms with Crippen molar-refractivity contribution in [3.05, 3.63) is 30.1 Å². The summed E-state index contributed by atoms with van der Waals surface area (Å²) in [5, 5.41) is 9.07. The van der Waals surface area contributed by atoms with Gasteiger partial charge in [0.1, 0.15) is 12.4 Å². The van der Waals surface area contributed by atoms with Crippen molar-refractivity contribution in [3.8, 4) is 0 Å². The van der Waals surface area contributed by atoms with E-state index in [-0.39, 0.29) is 18.3 Å². The molecule has 6 nitrogen and oxygen atoms in total. The van der Waals surface area contributed by atoms with Crippen LogP contribution in [0.25, 0.3) is 0 Å². The van der Waals surface area contributed by atoms with E-state index in [0.29, 0.717) is 17.7 Å². The minimum Gasteiger partial charge on any atom is -0.357 e. The summed E-state index contributed by atoms with van der Waals surface area (Å²) in [4.78, 5) is 18.9. The van der Waals surface area contributed by atoms with Crippen LogP contribution in [0.3, 0.4) is 0 Å². The Hall–Kier alpha value is -2.15. The Morgan fingerprint density at radius 1 is 1.33 bits per heavy atom. The number of carbonyl (C=O) groups excluding carboxylic acids is 1. The first-order valence-electron chi connectivity index (χ1n) is 9.90. The van der Waals surface area contributed by atoms with Gasteiger partial charge in [-0.1, -0.05) is 12.5 Å². The summed E-state index contributed by atoms with van der Waals surface area (Å²) in [6.45, 7) is 8.06. The number of aliphatic imine (C=N–C) groups is 1. The molecule has 1 atom stereocenters. The van der Waals surface area contributed by atoms with E-state index in [1.165, 1.54) is 37.9 Å². The van der Waals surface area contributed by atoms with Crippen LogP contribution in [0.5, 0.6) is 0 Å². The predicted octanol–water partition coefficient (Wildman–Crippen LogP) is 2.58. The predicted molar refractivity (Wildman–Crippen MR) is 109 cm³/mol.